The fraction of sp³-hybridized carbons (Fsp3) is 0.214. The highest BCUT2D eigenvalue weighted by molar-refractivity contribution is 7.80. The fourth-order valence-electron chi connectivity index (χ4n) is 2.13. The maximum atomic E-state index is 11.9. The van der Waals surface area contributed by atoms with Gasteiger partial charge in [0, 0.05) is 5.69 Å². The first kappa shape index (κ1) is 15.1. The standard InChI is InChI=1S/C14H14N6O2S/c21-12(16-10-4-2-1-3-5-10)9-19-7-11(17-18-19)8-20-13(22)6-15-14(20)23/h1-5,7H,6,8-9H2,(H,15,23)(H,16,21). The largest absolute Gasteiger partial charge is 0.353 e. The van der Waals surface area contributed by atoms with Gasteiger partial charge in [0.2, 0.25) is 11.8 Å². The molecule has 2 N–H and O–H groups in total. The van der Waals surface area contributed by atoms with Crippen molar-refractivity contribution in [3.8, 4) is 0 Å². The van der Waals surface area contributed by atoms with E-state index in [1.807, 2.05) is 18.2 Å². The quantitative estimate of drug-likeness (QED) is 0.758. The molecule has 2 heterocycles. The number of aromatic nitrogens is 3. The Labute approximate surface area is 137 Å². The summed E-state index contributed by atoms with van der Waals surface area (Å²) in [4.78, 5) is 25.0. The Morgan fingerprint density at radius 3 is 2.83 bits per heavy atom. The monoisotopic (exact) mass is 330 g/mol. The van der Waals surface area contributed by atoms with E-state index in [0.29, 0.717) is 10.8 Å². The minimum Gasteiger partial charge on any atom is -0.353 e. The number of rotatable bonds is 5. The number of benzene rings is 1. The van der Waals surface area contributed by atoms with Gasteiger partial charge in [0.15, 0.2) is 5.11 Å². The van der Waals surface area contributed by atoms with Crippen LogP contribution in [0.2, 0.25) is 0 Å². The van der Waals surface area contributed by atoms with Gasteiger partial charge in [0.1, 0.15) is 12.2 Å². The number of hydrogen-bond donors (Lipinski definition) is 2. The lowest BCUT2D eigenvalue weighted by atomic mass is 10.3. The van der Waals surface area contributed by atoms with Gasteiger partial charge in [-0.2, -0.15) is 0 Å². The second-order valence-electron chi connectivity index (χ2n) is 4.96. The van der Waals surface area contributed by atoms with Crippen LogP contribution in [0.4, 0.5) is 5.69 Å². The molecule has 0 unspecified atom stereocenters. The molecule has 1 aliphatic rings. The molecule has 2 aromatic rings. The summed E-state index contributed by atoms with van der Waals surface area (Å²) in [7, 11) is 0. The van der Waals surface area contributed by atoms with E-state index in [1.165, 1.54) is 9.58 Å². The lowest BCUT2D eigenvalue weighted by Crippen LogP contribution is -2.30. The van der Waals surface area contributed by atoms with Crippen molar-refractivity contribution in [1.29, 1.82) is 0 Å². The molecule has 1 fully saturated rings. The Hall–Kier alpha value is -2.81. The van der Waals surface area contributed by atoms with Crippen LogP contribution in [0.15, 0.2) is 36.5 Å². The van der Waals surface area contributed by atoms with Crippen molar-refractivity contribution < 1.29 is 9.59 Å². The van der Waals surface area contributed by atoms with E-state index in [0.717, 1.165) is 5.69 Å². The number of amides is 2. The molecule has 1 aromatic carbocycles. The normalized spacial score (nSPS) is 14.0. The van der Waals surface area contributed by atoms with E-state index in [1.54, 1.807) is 18.3 Å². The summed E-state index contributed by atoms with van der Waals surface area (Å²) in [6.45, 7) is 0.482. The van der Waals surface area contributed by atoms with Gasteiger partial charge in [-0.3, -0.25) is 14.5 Å². The molecule has 9 heteroatoms. The predicted octanol–water partition coefficient (Wildman–Crippen LogP) is 0.133. The Bertz CT molecular complexity index is 729. The molecule has 23 heavy (non-hydrogen) atoms. The first-order valence-corrected chi connectivity index (χ1v) is 7.35. The van der Waals surface area contributed by atoms with E-state index in [-0.39, 0.29) is 31.4 Å². The highest BCUT2D eigenvalue weighted by Gasteiger charge is 2.26. The summed E-state index contributed by atoms with van der Waals surface area (Å²) >= 11 is 5.04. The summed E-state index contributed by atoms with van der Waals surface area (Å²) in [5, 5.41) is 13.8. The van der Waals surface area contributed by atoms with Crippen LogP contribution >= 0.6 is 12.2 Å². The molecule has 0 bridgehead atoms. The SMILES string of the molecule is O=C(Cn1cc(CN2C(=O)CNC2=S)nn1)Nc1ccccc1. The Kier molecular flexibility index (Phi) is 4.29. The van der Waals surface area contributed by atoms with Crippen LogP contribution in [-0.4, -0.2) is 43.4 Å². The van der Waals surface area contributed by atoms with Crippen LogP contribution in [0.5, 0.6) is 0 Å². The van der Waals surface area contributed by atoms with Gasteiger partial charge in [0.05, 0.1) is 19.3 Å². The Morgan fingerprint density at radius 1 is 1.35 bits per heavy atom. The number of carbonyl (C=O) groups is 2. The molecule has 0 atom stereocenters. The summed E-state index contributed by atoms with van der Waals surface area (Å²) in [6, 6.07) is 9.16. The third kappa shape index (κ3) is 3.69. The van der Waals surface area contributed by atoms with Crippen molar-refractivity contribution in [2.45, 2.75) is 13.1 Å². The molecule has 2 amide bonds. The zero-order valence-corrected chi connectivity index (χ0v) is 12.9. The van der Waals surface area contributed by atoms with Crippen LogP contribution in [0.1, 0.15) is 5.69 Å². The van der Waals surface area contributed by atoms with Gasteiger partial charge in [-0.15, -0.1) is 5.10 Å². The van der Waals surface area contributed by atoms with E-state index >= 15 is 0 Å². The van der Waals surface area contributed by atoms with Gasteiger partial charge >= 0.3 is 0 Å². The molecule has 1 saturated heterocycles. The second-order valence-corrected chi connectivity index (χ2v) is 5.35. The summed E-state index contributed by atoms with van der Waals surface area (Å²) in [5.41, 5.74) is 1.29. The Morgan fingerprint density at radius 2 is 2.13 bits per heavy atom. The number of para-hydroxylation sites is 1. The molecular formula is C14H14N6O2S. The van der Waals surface area contributed by atoms with E-state index in [2.05, 4.69) is 20.9 Å². The van der Waals surface area contributed by atoms with Crippen molar-refractivity contribution in [3.63, 3.8) is 0 Å². The van der Waals surface area contributed by atoms with Crippen LogP contribution in [0.3, 0.4) is 0 Å². The van der Waals surface area contributed by atoms with Crippen LogP contribution in [0, 0.1) is 0 Å². The predicted molar refractivity (Wildman–Crippen MR) is 86.2 cm³/mol. The van der Waals surface area contributed by atoms with Gasteiger partial charge in [0.25, 0.3) is 0 Å². The number of nitrogens with zero attached hydrogens (tertiary/aromatic N) is 4. The van der Waals surface area contributed by atoms with Crippen LogP contribution in [-0.2, 0) is 22.7 Å². The lowest BCUT2D eigenvalue weighted by Gasteiger charge is -2.11. The number of thiocarbonyl (C=S) groups is 1. The van der Waals surface area contributed by atoms with Gasteiger partial charge < -0.3 is 10.6 Å². The molecule has 1 aromatic heterocycles. The third-order valence-corrected chi connectivity index (χ3v) is 3.57. The van der Waals surface area contributed by atoms with Crippen molar-refractivity contribution in [2.75, 3.05) is 11.9 Å². The van der Waals surface area contributed by atoms with Crippen LogP contribution < -0.4 is 10.6 Å². The number of carbonyl (C=O) groups excluding carboxylic acids is 2. The molecule has 8 nitrogen and oxygen atoms in total. The van der Waals surface area contributed by atoms with Crippen molar-refractivity contribution in [3.05, 3.63) is 42.2 Å². The van der Waals surface area contributed by atoms with Crippen LogP contribution in [0.25, 0.3) is 0 Å². The highest BCUT2D eigenvalue weighted by Crippen LogP contribution is 2.07. The van der Waals surface area contributed by atoms with Crippen molar-refractivity contribution >= 4 is 34.8 Å². The molecular weight excluding hydrogens is 316 g/mol. The molecule has 0 saturated carbocycles. The maximum Gasteiger partial charge on any atom is 0.248 e. The summed E-state index contributed by atoms with van der Waals surface area (Å²) in [5.74, 6) is -0.312. The van der Waals surface area contributed by atoms with E-state index in [4.69, 9.17) is 12.2 Å². The Balaban J connectivity index is 1.58. The third-order valence-electron chi connectivity index (χ3n) is 3.21. The minimum absolute atomic E-state index is 0.0402. The first-order chi connectivity index (χ1) is 11.1. The number of hydrogen-bond acceptors (Lipinski definition) is 5. The smallest absolute Gasteiger partial charge is 0.248 e. The lowest BCUT2D eigenvalue weighted by molar-refractivity contribution is -0.125. The van der Waals surface area contributed by atoms with Crippen molar-refractivity contribution in [1.82, 2.24) is 25.2 Å². The average molecular weight is 330 g/mol. The van der Waals surface area contributed by atoms with Gasteiger partial charge in [-0.1, -0.05) is 23.4 Å². The topological polar surface area (TPSA) is 92.2 Å². The fourth-order valence-corrected chi connectivity index (χ4v) is 2.37. The minimum atomic E-state index is -0.206. The number of anilines is 1. The zero-order valence-electron chi connectivity index (χ0n) is 12.1. The van der Waals surface area contributed by atoms with E-state index in [9.17, 15) is 9.59 Å². The summed E-state index contributed by atoms with van der Waals surface area (Å²) in [6.07, 6.45) is 1.62. The number of nitrogens with one attached hydrogen (secondary N) is 2. The van der Waals surface area contributed by atoms with E-state index < -0.39 is 0 Å². The molecule has 0 radical (unpaired) electrons. The first-order valence-electron chi connectivity index (χ1n) is 6.94. The van der Waals surface area contributed by atoms with Gasteiger partial charge in [-0.25, -0.2) is 4.68 Å². The molecule has 3 rings (SSSR count). The average Bonchev–Trinajstić information content (AvgIpc) is 3.10. The molecule has 118 valence electrons. The zero-order chi connectivity index (χ0) is 16.2. The molecule has 0 spiro atoms. The van der Waals surface area contributed by atoms with Crippen molar-refractivity contribution in [2.24, 2.45) is 0 Å². The van der Waals surface area contributed by atoms with Gasteiger partial charge in [-0.05, 0) is 24.4 Å². The molecule has 0 aliphatic carbocycles. The maximum absolute atomic E-state index is 11.9. The second kappa shape index (κ2) is 6.53. The summed E-state index contributed by atoms with van der Waals surface area (Å²) < 4.78 is 1.42. The molecule has 1 aliphatic heterocycles. The highest BCUT2D eigenvalue weighted by atomic mass is 32.1.